The Morgan fingerprint density at radius 1 is 1.18 bits per heavy atom. The van der Waals surface area contributed by atoms with Crippen LogP contribution in [0.4, 0.5) is 5.82 Å². The van der Waals surface area contributed by atoms with Gasteiger partial charge in [0.2, 0.25) is 0 Å². The summed E-state index contributed by atoms with van der Waals surface area (Å²) in [6, 6.07) is 2.12. The van der Waals surface area contributed by atoms with Crippen LogP contribution in [-0.2, 0) is 18.8 Å². The van der Waals surface area contributed by atoms with Crippen molar-refractivity contribution >= 4 is 5.82 Å². The van der Waals surface area contributed by atoms with Crippen LogP contribution < -0.4 is 16.1 Å². The SMILES string of the molecule is Cn1c(N2CCO[C@H]3CCCC[C@H]32)c(C#N)c(=O)n(C)c1=O. The molecule has 7 nitrogen and oxygen atoms in total. The lowest BCUT2D eigenvalue weighted by Crippen LogP contribution is -2.55. The molecule has 2 fully saturated rings. The monoisotopic (exact) mass is 304 g/mol. The second-order valence-corrected chi connectivity index (χ2v) is 5.97. The first-order valence-corrected chi connectivity index (χ1v) is 7.64. The molecular formula is C15H20N4O3. The molecule has 1 saturated heterocycles. The summed E-state index contributed by atoms with van der Waals surface area (Å²) >= 11 is 0. The lowest BCUT2D eigenvalue weighted by Gasteiger charge is -2.45. The van der Waals surface area contributed by atoms with Gasteiger partial charge in [0, 0.05) is 20.6 Å². The van der Waals surface area contributed by atoms with Gasteiger partial charge in [-0.3, -0.25) is 13.9 Å². The Hall–Kier alpha value is -2.07. The van der Waals surface area contributed by atoms with E-state index in [0.29, 0.717) is 19.0 Å². The molecule has 2 aliphatic rings. The van der Waals surface area contributed by atoms with Crippen LogP contribution >= 0.6 is 0 Å². The van der Waals surface area contributed by atoms with Crippen molar-refractivity contribution in [2.75, 3.05) is 18.1 Å². The minimum Gasteiger partial charge on any atom is -0.374 e. The number of rotatable bonds is 1. The molecule has 2 heterocycles. The van der Waals surface area contributed by atoms with E-state index in [0.717, 1.165) is 30.3 Å². The summed E-state index contributed by atoms with van der Waals surface area (Å²) in [4.78, 5) is 26.5. The topological polar surface area (TPSA) is 80.3 Å². The van der Waals surface area contributed by atoms with Crippen molar-refractivity contribution < 1.29 is 4.74 Å². The molecule has 22 heavy (non-hydrogen) atoms. The molecule has 118 valence electrons. The van der Waals surface area contributed by atoms with Gasteiger partial charge in [-0.2, -0.15) is 5.26 Å². The lowest BCUT2D eigenvalue weighted by atomic mass is 9.90. The smallest absolute Gasteiger partial charge is 0.332 e. The average molecular weight is 304 g/mol. The fraction of sp³-hybridized carbons (Fsp3) is 0.667. The maximum Gasteiger partial charge on any atom is 0.332 e. The second kappa shape index (κ2) is 5.61. The molecule has 1 saturated carbocycles. The van der Waals surface area contributed by atoms with Crippen LogP contribution in [0.5, 0.6) is 0 Å². The van der Waals surface area contributed by atoms with Gasteiger partial charge in [0.25, 0.3) is 5.56 Å². The molecule has 0 N–H and O–H groups in total. The van der Waals surface area contributed by atoms with Crippen LogP contribution in [0.3, 0.4) is 0 Å². The summed E-state index contributed by atoms with van der Waals surface area (Å²) in [7, 11) is 3.02. The van der Waals surface area contributed by atoms with Crippen molar-refractivity contribution in [3.05, 3.63) is 26.4 Å². The highest BCUT2D eigenvalue weighted by Crippen LogP contribution is 2.32. The Morgan fingerprint density at radius 2 is 1.91 bits per heavy atom. The van der Waals surface area contributed by atoms with Crippen LogP contribution in [-0.4, -0.2) is 34.4 Å². The summed E-state index contributed by atoms with van der Waals surface area (Å²) in [6.45, 7) is 1.14. The number of nitrogens with zero attached hydrogens (tertiary/aromatic N) is 4. The number of nitriles is 1. The number of ether oxygens (including phenoxy) is 1. The predicted octanol–water partition coefficient (Wildman–Crippen LogP) is 0.103. The quantitative estimate of drug-likeness (QED) is 0.735. The second-order valence-electron chi connectivity index (χ2n) is 5.97. The molecule has 0 amide bonds. The first-order chi connectivity index (χ1) is 10.6. The highest BCUT2D eigenvalue weighted by Gasteiger charge is 2.37. The van der Waals surface area contributed by atoms with Crippen molar-refractivity contribution in [3.63, 3.8) is 0 Å². The van der Waals surface area contributed by atoms with E-state index in [1.54, 1.807) is 7.05 Å². The molecule has 1 aromatic heterocycles. The van der Waals surface area contributed by atoms with E-state index in [1.165, 1.54) is 11.6 Å². The van der Waals surface area contributed by atoms with Gasteiger partial charge >= 0.3 is 5.69 Å². The molecule has 0 spiro atoms. The number of fused-ring (bicyclic) bond motifs is 1. The van der Waals surface area contributed by atoms with Crippen LogP contribution in [0, 0.1) is 11.3 Å². The normalized spacial score (nSPS) is 24.7. The van der Waals surface area contributed by atoms with E-state index in [9.17, 15) is 14.9 Å². The van der Waals surface area contributed by atoms with Gasteiger partial charge in [-0.05, 0) is 12.8 Å². The number of anilines is 1. The zero-order valence-corrected chi connectivity index (χ0v) is 12.9. The predicted molar refractivity (Wildman–Crippen MR) is 81.0 cm³/mol. The zero-order chi connectivity index (χ0) is 15.9. The van der Waals surface area contributed by atoms with Crippen LogP contribution in [0.15, 0.2) is 9.59 Å². The molecule has 0 bridgehead atoms. The fourth-order valence-corrected chi connectivity index (χ4v) is 3.63. The average Bonchev–Trinajstić information content (AvgIpc) is 2.55. The van der Waals surface area contributed by atoms with Gasteiger partial charge < -0.3 is 9.64 Å². The van der Waals surface area contributed by atoms with Gasteiger partial charge in [-0.25, -0.2) is 4.79 Å². The van der Waals surface area contributed by atoms with Gasteiger partial charge in [0.1, 0.15) is 11.9 Å². The standard InChI is InChI=1S/C15H20N4O3/c1-17-13(10(9-16)14(20)18(2)15(17)21)19-7-8-22-12-6-4-3-5-11(12)19/h11-12H,3-8H2,1-2H3/t11-,12+/m1/s1. The summed E-state index contributed by atoms with van der Waals surface area (Å²) in [5.74, 6) is 0.441. The Bertz CT molecular complexity index is 741. The van der Waals surface area contributed by atoms with E-state index >= 15 is 0 Å². The molecule has 7 heteroatoms. The van der Waals surface area contributed by atoms with E-state index < -0.39 is 11.2 Å². The van der Waals surface area contributed by atoms with Crippen molar-refractivity contribution in [2.24, 2.45) is 14.1 Å². The molecule has 1 aromatic rings. The molecule has 0 aromatic carbocycles. The molecule has 0 radical (unpaired) electrons. The Balaban J connectivity index is 2.17. The highest BCUT2D eigenvalue weighted by atomic mass is 16.5. The van der Waals surface area contributed by atoms with Gasteiger partial charge in [0.05, 0.1) is 18.8 Å². The molecule has 1 aliphatic carbocycles. The highest BCUT2D eigenvalue weighted by molar-refractivity contribution is 5.54. The summed E-state index contributed by atoms with van der Waals surface area (Å²) < 4.78 is 8.24. The molecule has 2 atom stereocenters. The van der Waals surface area contributed by atoms with Crippen LogP contribution in [0.2, 0.25) is 0 Å². The summed E-state index contributed by atoms with van der Waals surface area (Å²) in [5.41, 5.74) is -0.895. The molecular weight excluding hydrogens is 284 g/mol. The lowest BCUT2D eigenvalue weighted by molar-refractivity contribution is -0.00930. The molecule has 3 rings (SSSR count). The van der Waals surface area contributed by atoms with Crippen molar-refractivity contribution in [2.45, 2.75) is 37.8 Å². The van der Waals surface area contributed by atoms with Gasteiger partial charge in [-0.1, -0.05) is 12.8 Å². The third kappa shape index (κ3) is 2.15. The van der Waals surface area contributed by atoms with E-state index in [2.05, 4.69) is 0 Å². The van der Waals surface area contributed by atoms with E-state index in [1.807, 2.05) is 11.0 Å². The van der Waals surface area contributed by atoms with Crippen molar-refractivity contribution in [1.82, 2.24) is 9.13 Å². The third-order valence-corrected chi connectivity index (χ3v) is 4.75. The number of hydrogen-bond acceptors (Lipinski definition) is 5. The molecule has 0 unspecified atom stereocenters. The Labute approximate surface area is 128 Å². The van der Waals surface area contributed by atoms with Crippen molar-refractivity contribution in [3.8, 4) is 6.07 Å². The Morgan fingerprint density at radius 3 is 2.64 bits per heavy atom. The van der Waals surface area contributed by atoms with Crippen molar-refractivity contribution in [1.29, 1.82) is 5.26 Å². The third-order valence-electron chi connectivity index (χ3n) is 4.75. The Kier molecular flexibility index (Phi) is 3.79. The minimum atomic E-state index is -0.528. The summed E-state index contributed by atoms with van der Waals surface area (Å²) in [5, 5.41) is 9.43. The largest absolute Gasteiger partial charge is 0.374 e. The van der Waals surface area contributed by atoms with Crippen LogP contribution in [0.1, 0.15) is 31.2 Å². The minimum absolute atomic E-state index is 0.0378. The number of hydrogen-bond donors (Lipinski definition) is 0. The van der Waals surface area contributed by atoms with Crippen LogP contribution in [0.25, 0.3) is 0 Å². The zero-order valence-electron chi connectivity index (χ0n) is 12.9. The van der Waals surface area contributed by atoms with E-state index in [4.69, 9.17) is 4.74 Å². The molecule has 1 aliphatic heterocycles. The fourth-order valence-electron chi connectivity index (χ4n) is 3.63. The first-order valence-electron chi connectivity index (χ1n) is 7.64. The summed E-state index contributed by atoms with van der Waals surface area (Å²) in [6.07, 6.45) is 4.30. The van der Waals surface area contributed by atoms with Gasteiger partial charge in [-0.15, -0.1) is 0 Å². The maximum atomic E-state index is 12.3. The number of morpholine rings is 1. The van der Waals surface area contributed by atoms with Gasteiger partial charge in [0.15, 0.2) is 5.56 Å². The maximum absolute atomic E-state index is 12.3. The number of aromatic nitrogens is 2. The van der Waals surface area contributed by atoms with E-state index in [-0.39, 0.29) is 17.7 Å². The first kappa shape index (κ1) is 14.9.